The van der Waals surface area contributed by atoms with E-state index < -0.39 is 0 Å². The number of carbonyl (C=O) groups excluding carboxylic acids is 1. The van der Waals surface area contributed by atoms with Gasteiger partial charge in [-0.3, -0.25) is 0 Å². The van der Waals surface area contributed by atoms with Crippen LogP contribution in [0.15, 0.2) is 42.7 Å². The largest absolute Gasteiger partial charge is 0.395 e. The Morgan fingerprint density at radius 1 is 1.35 bits per heavy atom. The fraction of sp³-hybridized carbons (Fsp3) is 0.412. The third-order valence-electron chi connectivity index (χ3n) is 3.98. The molecule has 0 radical (unpaired) electrons. The molecule has 0 bridgehead atoms. The lowest BCUT2D eigenvalue weighted by atomic mass is 10.1. The maximum Gasteiger partial charge on any atom is 0.317 e. The summed E-state index contributed by atoms with van der Waals surface area (Å²) in [6.07, 6.45) is 6.53. The maximum absolute atomic E-state index is 12.1. The number of aromatic nitrogens is 2. The van der Waals surface area contributed by atoms with E-state index in [9.17, 15) is 4.79 Å². The highest BCUT2D eigenvalue weighted by Gasteiger charge is 2.31. The number of nitrogens with one attached hydrogen (secondary N) is 1. The van der Waals surface area contributed by atoms with Crippen LogP contribution < -0.4 is 5.32 Å². The van der Waals surface area contributed by atoms with Crippen LogP contribution in [-0.4, -0.2) is 51.6 Å². The van der Waals surface area contributed by atoms with E-state index in [2.05, 4.69) is 22.5 Å². The summed E-state index contributed by atoms with van der Waals surface area (Å²) in [5.41, 5.74) is 2.19. The highest BCUT2D eigenvalue weighted by molar-refractivity contribution is 5.74. The third kappa shape index (κ3) is 4.10. The first-order valence-electron chi connectivity index (χ1n) is 8.02. The predicted octanol–water partition coefficient (Wildman–Crippen LogP) is 1.58. The van der Waals surface area contributed by atoms with Gasteiger partial charge in [-0.1, -0.05) is 12.1 Å². The molecule has 0 saturated heterocycles. The van der Waals surface area contributed by atoms with Crippen molar-refractivity contribution in [2.45, 2.75) is 25.3 Å². The second-order valence-corrected chi connectivity index (χ2v) is 5.75. The molecule has 0 atom stereocenters. The fourth-order valence-corrected chi connectivity index (χ4v) is 2.60. The van der Waals surface area contributed by atoms with Crippen molar-refractivity contribution in [2.75, 3.05) is 19.7 Å². The number of rotatable bonds is 7. The van der Waals surface area contributed by atoms with Crippen LogP contribution in [0.5, 0.6) is 0 Å². The number of hydrogen-bond donors (Lipinski definition) is 2. The molecule has 2 aromatic rings. The predicted molar refractivity (Wildman–Crippen MR) is 87.5 cm³/mol. The van der Waals surface area contributed by atoms with E-state index in [1.54, 1.807) is 11.1 Å². The van der Waals surface area contributed by atoms with Crippen LogP contribution in [-0.2, 0) is 6.42 Å². The molecule has 1 aromatic heterocycles. The number of aliphatic hydroxyl groups excluding tert-OH is 1. The minimum atomic E-state index is -0.0743. The number of carbonyl (C=O) groups is 1. The van der Waals surface area contributed by atoms with Crippen molar-refractivity contribution in [1.29, 1.82) is 0 Å². The molecule has 0 spiro atoms. The van der Waals surface area contributed by atoms with Crippen molar-refractivity contribution in [2.24, 2.45) is 0 Å². The van der Waals surface area contributed by atoms with Crippen molar-refractivity contribution in [3.05, 3.63) is 48.3 Å². The number of aliphatic hydroxyl groups is 1. The number of urea groups is 1. The molecule has 1 aromatic carbocycles. The molecular weight excluding hydrogens is 292 g/mol. The average molecular weight is 314 g/mol. The Hall–Kier alpha value is -2.34. The van der Waals surface area contributed by atoms with Gasteiger partial charge in [-0.05, 0) is 43.0 Å². The molecule has 1 heterocycles. The molecule has 1 aliphatic carbocycles. The highest BCUT2D eigenvalue weighted by atomic mass is 16.3. The molecule has 1 saturated carbocycles. The van der Waals surface area contributed by atoms with E-state index in [4.69, 9.17) is 5.11 Å². The van der Waals surface area contributed by atoms with Gasteiger partial charge in [0.25, 0.3) is 0 Å². The Balaban J connectivity index is 1.47. The summed E-state index contributed by atoms with van der Waals surface area (Å²) >= 11 is 0. The summed E-state index contributed by atoms with van der Waals surface area (Å²) < 4.78 is 1.81. The zero-order valence-corrected chi connectivity index (χ0v) is 13.1. The van der Waals surface area contributed by atoms with Gasteiger partial charge in [-0.2, -0.15) is 5.10 Å². The van der Waals surface area contributed by atoms with E-state index >= 15 is 0 Å². The number of benzene rings is 1. The SMILES string of the molecule is O=C(NCCc1ccc(-n2cccn2)cc1)N(CCO)C1CC1. The van der Waals surface area contributed by atoms with E-state index in [0.717, 1.165) is 24.9 Å². The zero-order chi connectivity index (χ0) is 16.1. The van der Waals surface area contributed by atoms with Crippen molar-refractivity contribution in [3.8, 4) is 5.69 Å². The Labute approximate surface area is 135 Å². The first-order valence-corrected chi connectivity index (χ1v) is 8.02. The molecule has 1 fully saturated rings. The maximum atomic E-state index is 12.1. The second-order valence-electron chi connectivity index (χ2n) is 5.75. The van der Waals surface area contributed by atoms with E-state index in [1.807, 2.05) is 29.1 Å². The Morgan fingerprint density at radius 2 is 2.13 bits per heavy atom. The third-order valence-corrected chi connectivity index (χ3v) is 3.98. The van der Waals surface area contributed by atoms with Crippen LogP contribution in [0.3, 0.4) is 0 Å². The van der Waals surface area contributed by atoms with Crippen LogP contribution in [0.2, 0.25) is 0 Å². The first kappa shape index (κ1) is 15.6. The minimum Gasteiger partial charge on any atom is -0.395 e. The smallest absolute Gasteiger partial charge is 0.317 e. The molecule has 0 unspecified atom stereocenters. The van der Waals surface area contributed by atoms with Gasteiger partial charge in [0.05, 0.1) is 12.3 Å². The van der Waals surface area contributed by atoms with Crippen LogP contribution >= 0.6 is 0 Å². The van der Waals surface area contributed by atoms with Gasteiger partial charge in [0, 0.05) is 31.5 Å². The minimum absolute atomic E-state index is 0.0127. The van der Waals surface area contributed by atoms with Gasteiger partial charge in [-0.15, -0.1) is 0 Å². The lowest BCUT2D eigenvalue weighted by molar-refractivity contribution is 0.174. The monoisotopic (exact) mass is 314 g/mol. The summed E-state index contributed by atoms with van der Waals surface area (Å²) in [5.74, 6) is 0. The van der Waals surface area contributed by atoms with Gasteiger partial charge in [0.2, 0.25) is 0 Å². The second kappa shape index (κ2) is 7.28. The zero-order valence-electron chi connectivity index (χ0n) is 13.1. The average Bonchev–Trinajstić information content (AvgIpc) is 3.26. The van der Waals surface area contributed by atoms with Crippen LogP contribution in [0, 0.1) is 0 Å². The van der Waals surface area contributed by atoms with Gasteiger partial charge < -0.3 is 15.3 Å². The fourth-order valence-electron chi connectivity index (χ4n) is 2.60. The molecule has 23 heavy (non-hydrogen) atoms. The van der Waals surface area contributed by atoms with E-state index in [0.29, 0.717) is 19.1 Å². The summed E-state index contributed by atoms with van der Waals surface area (Å²) in [6.45, 7) is 1.02. The number of nitrogens with zero attached hydrogens (tertiary/aromatic N) is 3. The lowest BCUT2D eigenvalue weighted by Crippen LogP contribution is -2.43. The highest BCUT2D eigenvalue weighted by Crippen LogP contribution is 2.26. The Kier molecular flexibility index (Phi) is 4.92. The van der Waals surface area contributed by atoms with Crippen LogP contribution in [0.1, 0.15) is 18.4 Å². The van der Waals surface area contributed by atoms with Crippen molar-refractivity contribution >= 4 is 6.03 Å². The molecular formula is C17H22N4O2. The van der Waals surface area contributed by atoms with E-state index in [-0.39, 0.29) is 12.6 Å². The molecule has 122 valence electrons. The topological polar surface area (TPSA) is 70.4 Å². The number of hydrogen-bond acceptors (Lipinski definition) is 3. The summed E-state index contributed by atoms with van der Waals surface area (Å²) in [5, 5.41) is 16.2. The quantitative estimate of drug-likeness (QED) is 0.815. The van der Waals surface area contributed by atoms with Crippen molar-refractivity contribution in [3.63, 3.8) is 0 Å². The molecule has 2 amide bonds. The van der Waals surface area contributed by atoms with Gasteiger partial charge >= 0.3 is 6.03 Å². The molecule has 1 aliphatic rings. The Bertz CT molecular complexity index is 621. The van der Waals surface area contributed by atoms with Crippen molar-refractivity contribution < 1.29 is 9.90 Å². The Morgan fingerprint density at radius 3 is 2.74 bits per heavy atom. The van der Waals surface area contributed by atoms with Crippen LogP contribution in [0.25, 0.3) is 5.69 Å². The molecule has 0 aliphatic heterocycles. The van der Waals surface area contributed by atoms with Gasteiger partial charge in [-0.25, -0.2) is 9.48 Å². The van der Waals surface area contributed by atoms with Crippen molar-refractivity contribution in [1.82, 2.24) is 20.0 Å². The molecule has 2 N–H and O–H groups in total. The van der Waals surface area contributed by atoms with Gasteiger partial charge in [0.15, 0.2) is 0 Å². The van der Waals surface area contributed by atoms with Gasteiger partial charge in [0.1, 0.15) is 0 Å². The summed E-state index contributed by atoms with van der Waals surface area (Å²) in [7, 11) is 0. The van der Waals surface area contributed by atoms with E-state index in [1.165, 1.54) is 5.56 Å². The standard InChI is InChI=1S/C17H22N4O2/c22-13-12-20(15-6-7-15)17(23)18-10-8-14-2-4-16(5-3-14)21-11-1-9-19-21/h1-5,9,11,15,22H,6-8,10,12-13H2,(H,18,23). The lowest BCUT2D eigenvalue weighted by Gasteiger charge is -2.21. The molecule has 6 heteroatoms. The summed E-state index contributed by atoms with van der Waals surface area (Å²) in [6, 6.07) is 10.3. The van der Waals surface area contributed by atoms with Crippen LogP contribution in [0.4, 0.5) is 4.79 Å². The summed E-state index contributed by atoms with van der Waals surface area (Å²) in [4.78, 5) is 13.8. The first-order chi connectivity index (χ1) is 11.3. The molecule has 6 nitrogen and oxygen atoms in total. The number of amides is 2. The molecule has 3 rings (SSSR count). The normalized spacial score (nSPS) is 13.8.